The second kappa shape index (κ2) is 5.38. The first-order chi connectivity index (χ1) is 8.19. The molecule has 0 saturated carbocycles. The van der Waals surface area contributed by atoms with Crippen molar-refractivity contribution in [3.8, 4) is 0 Å². The Morgan fingerprint density at radius 3 is 2.67 bits per heavy atom. The Balaban J connectivity index is 2.62. The summed E-state index contributed by atoms with van der Waals surface area (Å²) in [5, 5.41) is 5.91. The van der Waals surface area contributed by atoms with E-state index in [-0.39, 0.29) is 11.6 Å². The molecular weight excluding hydrogens is 249 g/mol. The van der Waals surface area contributed by atoms with E-state index >= 15 is 0 Å². The Morgan fingerprint density at radius 1 is 1.56 bits per heavy atom. The van der Waals surface area contributed by atoms with Gasteiger partial charge < -0.3 is 11.1 Å². The summed E-state index contributed by atoms with van der Waals surface area (Å²) in [6.45, 7) is 2.35. The number of anilines is 1. The van der Waals surface area contributed by atoms with E-state index in [1.807, 2.05) is 0 Å². The van der Waals surface area contributed by atoms with Crippen molar-refractivity contribution >= 4 is 11.6 Å². The molecule has 5 nitrogen and oxygen atoms in total. The van der Waals surface area contributed by atoms with Crippen LogP contribution >= 0.6 is 0 Å². The van der Waals surface area contributed by atoms with Gasteiger partial charge in [-0.1, -0.05) is 13.8 Å². The van der Waals surface area contributed by atoms with Gasteiger partial charge in [-0.05, 0) is 5.92 Å². The van der Waals surface area contributed by atoms with E-state index in [1.165, 1.54) is 0 Å². The Kier molecular flexibility index (Phi) is 4.33. The van der Waals surface area contributed by atoms with Gasteiger partial charge in [0.2, 0.25) is 5.91 Å². The molecule has 0 aliphatic heterocycles. The molecule has 3 N–H and O–H groups in total. The molecule has 0 aliphatic carbocycles. The van der Waals surface area contributed by atoms with Gasteiger partial charge in [0.05, 0.1) is 17.9 Å². The maximum atomic E-state index is 12.1. The van der Waals surface area contributed by atoms with Crippen LogP contribution in [0.2, 0.25) is 0 Å². The van der Waals surface area contributed by atoms with Crippen LogP contribution in [0.25, 0.3) is 0 Å². The van der Waals surface area contributed by atoms with Crippen molar-refractivity contribution in [2.45, 2.75) is 32.6 Å². The summed E-state index contributed by atoms with van der Waals surface area (Å²) in [5.74, 6) is -0.508. The maximum Gasteiger partial charge on any atom is 0.408 e. The molecule has 1 amide bonds. The average Bonchev–Trinajstić information content (AvgIpc) is 2.61. The lowest BCUT2D eigenvalue weighted by Crippen LogP contribution is -2.39. The molecule has 0 aliphatic rings. The zero-order valence-corrected chi connectivity index (χ0v) is 10.0. The van der Waals surface area contributed by atoms with Crippen LogP contribution in [0.1, 0.15) is 13.8 Å². The zero-order chi connectivity index (χ0) is 13.9. The number of hydrogen-bond donors (Lipinski definition) is 2. The first-order valence-electron chi connectivity index (χ1n) is 5.34. The van der Waals surface area contributed by atoms with E-state index in [9.17, 15) is 18.0 Å². The summed E-state index contributed by atoms with van der Waals surface area (Å²) >= 11 is 0. The van der Waals surface area contributed by atoms with Crippen LogP contribution in [0.15, 0.2) is 12.4 Å². The van der Waals surface area contributed by atoms with E-state index in [0.29, 0.717) is 4.68 Å². The Labute approximate surface area is 102 Å². The predicted molar refractivity (Wildman–Crippen MR) is 59.7 cm³/mol. The molecule has 1 aromatic heterocycles. The van der Waals surface area contributed by atoms with Crippen molar-refractivity contribution in [1.82, 2.24) is 9.78 Å². The van der Waals surface area contributed by atoms with Gasteiger partial charge in [-0.25, -0.2) is 0 Å². The highest BCUT2D eigenvalue weighted by molar-refractivity contribution is 5.94. The van der Waals surface area contributed by atoms with E-state index in [1.54, 1.807) is 13.8 Å². The molecule has 1 rings (SSSR count). The predicted octanol–water partition coefficient (Wildman–Crippen LogP) is 1.37. The van der Waals surface area contributed by atoms with Crippen molar-refractivity contribution < 1.29 is 18.0 Å². The third kappa shape index (κ3) is 4.36. The van der Waals surface area contributed by atoms with Crippen LogP contribution in [-0.2, 0) is 11.3 Å². The molecule has 0 spiro atoms. The number of carbonyl (C=O) groups is 1. The second-order valence-corrected chi connectivity index (χ2v) is 4.30. The molecule has 8 heteroatoms. The quantitative estimate of drug-likeness (QED) is 0.862. The molecule has 0 saturated heterocycles. The molecule has 0 radical (unpaired) electrons. The highest BCUT2D eigenvalue weighted by Crippen LogP contribution is 2.18. The molecule has 1 aromatic rings. The van der Waals surface area contributed by atoms with Crippen LogP contribution < -0.4 is 11.1 Å². The number of rotatable bonds is 4. The summed E-state index contributed by atoms with van der Waals surface area (Å²) in [6.07, 6.45) is -2.09. The van der Waals surface area contributed by atoms with Crippen LogP contribution in [0.4, 0.5) is 18.9 Å². The summed E-state index contributed by atoms with van der Waals surface area (Å²) in [5.41, 5.74) is 5.79. The van der Waals surface area contributed by atoms with E-state index in [0.717, 1.165) is 12.4 Å². The zero-order valence-electron chi connectivity index (χ0n) is 10.0. The largest absolute Gasteiger partial charge is 0.408 e. The van der Waals surface area contributed by atoms with Gasteiger partial charge in [0, 0.05) is 6.20 Å². The highest BCUT2D eigenvalue weighted by atomic mass is 19.4. The average molecular weight is 264 g/mol. The molecule has 0 bridgehead atoms. The summed E-state index contributed by atoms with van der Waals surface area (Å²) < 4.78 is 36.9. The SMILES string of the molecule is CC(C)[C@H](N)C(=O)Nc1cnn(CC(F)(F)F)c1. The van der Waals surface area contributed by atoms with Crippen molar-refractivity contribution in [1.29, 1.82) is 0 Å². The van der Waals surface area contributed by atoms with E-state index in [2.05, 4.69) is 10.4 Å². The smallest absolute Gasteiger partial charge is 0.322 e. The molecule has 18 heavy (non-hydrogen) atoms. The van der Waals surface area contributed by atoms with Crippen molar-refractivity contribution in [3.05, 3.63) is 12.4 Å². The fourth-order valence-electron chi connectivity index (χ4n) is 1.23. The topological polar surface area (TPSA) is 72.9 Å². The standard InChI is InChI=1S/C10H15F3N4O/c1-6(2)8(14)9(18)16-7-3-15-17(4-7)5-10(11,12)13/h3-4,6,8H,5,14H2,1-2H3,(H,16,18)/t8-/m0/s1. The normalized spacial score (nSPS) is 13.7. The minimum absolute atomic E-state index is 0.0600. The molecular formula is C10H15F3N4O. The minimum atomic E-state index is -4.35. The van der Waals surface area contributed by atoms with Crippen molar-refractivity contribution in [2.75, 3.05) is 5.32 Å². The number of nitrogens with two attached hydrogens (primary N) is 1. The molecule has 1 atom stereocenters. The molecule has 102 valence electrons. The second-order valence-electron chi connectivity index (χ2n) is 4.30. The van der Waals surface area contributed by atoms with Crippen molar-refractivity contribution in [2.24, 2.45) is 11.7 Å². The van der Waals surface area contributed by atoms with E-state index in [4.69, 9.17) is 5.73 Å². The highest BCUT2D eigenvalue weighted by Gasteiger charge is 2.28. The fourth-order valence-corrected chi connectivity index (χ4v) is 1.23. The number of alkyl halides is 3. The van der Waals surface area contributed by atoms with Gasteiger partial charge in [-0.2, -0.15) is 18.3 Å². The number of hydrogen-bond acceptors (Lipinski definition) is 3. The Morgan fingerprint density at radius 2 is 2.17 bits per heavy atom. The van der Waals surface area contributed by atoms with Crippen molar-refractivity contribution in [3.63, 3.8) is 0 Å². The van der Waals surface area contributed by atoms with Crippen LogP contribution in [-0.4, -0.2) is 27.9 Å². The minimum Gasteiger partial charge on any atom is -0.322 e. The van der Waals surface area contributed by atoms with Crippen LogP contribution in [0, 0.1) is 5.92 Å². The summed E-state index contributed by atoms with van der Waals surface area (Å²) in [4.78, 5) is 11.6. The van der Waals surface area contributed by atoms with Gasteiger partial charge >= 0.3 is 6.18 Å². The number of halogens is 3. The summed E-state index contributed by atoms with van der Waals surface area (Å²) in [7, 11) is 0. The van der Waals surface area contributed by atoms with Gasteiger partial charge in [0.15, 0.2) is 0 Å². The lowest BCUT2D eigenvalue weighted by Gasteiger charge is -2.14. The van der Waals surface area contributed by atoms with Crippen LogP contribution in [0.5, 0.6) is 0 Å². The molecule has 0 fully saturated rings. The van der Waals surface area contributed by atoms with Gasteiger partial charge in [-0.3, -0.25) is 9.48 Å². The number of nitrogens with zero attached hydrogens (tertiary/aromatic N) is 2. The third-order valence-electron chi connectivity index (χ3n) is 2.26. The Hall–Kier alpha value is -1.57. The first kappa shape index (κ1) is 14.5. The lowest BCUT2D eigenvalue weighted by atomic mass is 10.1. The number of amides is 1. The number of nitrogens with one attached hydrogen (secondary N) is 1. The van der Waals surface area contributed by atoms with E-state index < -0.39 is 24.7 Å². The van der Waals surface area contributed by atoms with Gasteiger partial charge in [0.1, 0.15) is 6.54 Å². The third-order valence-corrected chi connectivity index (χ3v) is 2.26. The van der Waals surface area contributed by atoms with Crippen LogP contribution in [0.3, 0.4) is 0 Å². The van der Waals surface area contributed by atoms with Gasteiger partial charge in [0.25, 0.3) is 0 Å². The number of carbonyl (C=O) groups excluding carboxylic acids is 1. The molecule has 0 aromatic carbocycles. The monoisotopic (exact) mass is 264 g/mol. The lowest BCUT2D eigenvalue weighted by molar-refractivity contribution is -0.142. The maximum absolute atomic E-state index is 12.1. The molecule has 0 unspecified atom stereocenters. The first-order valence-corrected chi connectivity index (χ1v) is 5.34. The fraction of sp³-hybridized carbons (Fsp3) is 0.600. The molecule has 1 heterocycles. The van der Waals surface area contributed by atoms with Gasteiger partial charge in [-0.15, -0.1) is 0 Å². The Bertz CT molecular complexity index is 414. The summed E-state index contributed by atoms with van der Waals surface area (Å²) in [6, 6.07) is -0.712. The number of aromatic nitrogens is 2.